The maximum Gasteiger partial charge on any atom is 0.272 e. The van der Waals surface area contributed by atoms with Crippen LogP contribution in [-0.4, -0.2) is 56.7 Å². The summed E-state index contributed by atoms with van der Waals surface area (Å²) in [4.78, 5) is 23.2. The van der Waals surface area contributed by atoms with Gasteiger partial charge in [-0.05, 0) is 37.6 Å². The largest absolute Gasteiger partial charge is 0.379 e. The van der Waals surface area contributed by atoms with Crippen LogP contribution in [0.5, 0.6) is 0 Å². The van der Waals surface area contributed by atoms with E-state index in [4.69, 9.17) is 4.74 Å². The van der Waals surface area contributed by atoms with Crippen LogP contribution in [0.25, 0.3) is 5.65 Å². The minimum absolute atomic E-state index is 0.0396. The van der Waals surface area contributed by atoms with Crippen LogP contribution in [0.3, 0.4) is 0 Å². The number of carbonyl (C=O) groups excluding carboxylic acids is 1. The molecule has 0 aliphatic carbocycles. The van der Waals surface area contributed by atoms with Crippen molar-refractivity contribution in [3.63, 3.8) is 0 Å². The Balaban J connectivity index is 1.49. The van der Waals surface area contributed by atoms with E-state index in [1.807, 2.05) is 42.3 Å². The fraction of sp³-hybridized carbons (Fsp3) is 0.368. The van der Waals surface area contributed by atoms with Crippen molar-refractivity contribution in [1.29, 1.82) is 0 Å². The summed E-state index contributed by atoms with van der Waals surface area (Å²) in [5.41, 5.74) is 3.13. The van der Waals surface area contributed by atoms with Gasteiger partial charge in [0.15, 0.2) is 5.65 Å². The van der Waals surface area contributed by atoms with Gasteiger partial charge in [0.05, 0.1) is 18.9 Å². The first-order valence-electron chi connectivity index (χ1n) is 8.79. The average Bonchev–Trinajstić information content (AvgIpc) is 2.99. The van der Waals surface area contributed by atoms with Crippen LogP contribution >= 0.6 is 0 Å². The second-order valence-corrected chi connectivity index (χ2v) is 6.62. The lowest BCUT2D eigenvalue weighted by atomic mass is 10.0. The molecule has 0 bridgehead atoms. The maximum atomic E-state index is 12.8. The van der Waals surface area contributed by atoms with E-state index in [2.05, 4.69) is 15.1 Å². The van der Waals surface area contributed by atoms with Gasteiger partial charge in [0.25, 0.3) is 5.91 Å². The number of fused-ring (bicyclic) bond motifs is 1. The highest BCUT2D eigenvalue weighted by molar-refractivity contribution is 5.92. The van der Waals surface area contributed by atoms with Gasteiger partial charge in [0.1, 0.15) is 5.69 Å². The van der Waals surface area contributed by atoms with Crippen molar-refractivity contribution >= 4 is 11.6 Å². The predicted molar refractivity (Wildman–Crippen MR) is 95.9 cm³/mol. The molecule has 7 nitrogen and oxygen atoms in total. The van der Waals surface area contributed by atoms with Crippen molar-refractivity contribution in [3.8, 4) is 0 Å². The topological polar surface area (TPSA) is 72.6 Å². The molecule has 1 fully saturated rings. The number of amides is 1. The van der Waals surface area contributed by atoms with Crippen LogP contribution in [0.1, 0.15) is 21.9 Å². The Labute approximate surface area is 151 Å². The van der Waals surface area contributed by atoms with E-state index in [0.717, 1.165) is 23.5 Å². The summed E-state index contributed by atoms with van der Waals surface area (Å²) in [6.45, 7) is 4.27. The van der Waals surface area contributed by atoms with Crippen LogP contribution in [0.4, 0.5) is 0 Å². The Bertz CT molecular complexity index is 923. The average molecular weight is 351 g/mol. The first-order chi connectivity index (χ1) is 12.7. The Morgan fingerprint density at radius 2 is 2.23 bits per heavy atom. The highest BCUT2D eigenvalue weighted by Crippen LogP contribution is 2.15. The quantitative estimate of drug-likeness (QED) is 0.719. The summed E-state index contributed by atoms with van der Waals surface area (Å²) < 4.78 is 7.50. The third-order valence-corrected chi connectivity index (χ3v) is 4.54. The number of carbonyl (C=O) groups is 1. The molecular weight excluding hydrogens is 330 g/mol. The lowest BCUT2D eigenvalue weighted by Crippen LogP contribution is -2.37. The highest BCUT2D eigenvalue weighted by Gasteiger charge is 2.24. The molecule has 7 heteroatoms. The summed E-state index contributed by atoms with van der Waals surface area (Å²) in [6, 6.07) is 9.47. The molecule has 0 aromatic carbocycles. The number of ether oxygens (including phenoxy) is 1. The normalized spacial score (nSPS) is 18.0. The van der Waals surface area contributed by atoms with E-state index >= 15 is 0 Å². The number of hydrogen-bond acceptors (Lipinski definition) is 5. The lowest BCUT2D eigenvalue weighted by Gasteiger charge is -2.23. The standard InChI is InChI=1S/C19H21N5O2/c1-14-3-2-4-17(21-14)19(25)23-9-10-26-13-15(12-23)11-16-5-6-18-20-7-8-24(18)22-16/h2-8,15H,9-13H2,1H3. The first kappa shape index (κ1) is 16.7. The molecule has 4 rings (SSSR count). The van der Waals surface area contributed by atoms with E-state index in [9.17, 15) is 4.79 Å². The fourth-order valence-electron chi connectivity index (χ4n) is 3.27. The zero-order valence-corrected chi connectivity index (χ0v) is 14.7. The molecule has 0 saturated carbocycles. The van der Waals surface area contributed by atoms with Crippen molar-refractivity contribution < 1.29 is 9.53 Å². The molecule has 1 atom stereocenters. The van der Waals surface area contributed by atoms with E-state index in [1.165, 1.54) is 0 Å². The molecule has 1 amide bonds. The number of nitrogens with zero attached hydrogens (tertiary/aromatic N) is 5. The van der Waals surface area contributed by atoms with Gasteiger partial charge in [-0.15, -0.1) is 0 Å². The molecular formula is C19H21N5O2. The number of aromatic nitrogens is 4. The molecule has 1 unspecified atom stereocenters. The minimum Gasteiger partial charge on any atom is -0.379 e. The second kappa shape index (κ2) is 7.21. The smallest absolute Gasteiger partial charge is 0.272 e. The van der Waals surface area contributed by atoms with E-state index in [1.54, 1.807) is 16.8 Å². The van der Waals surface area contributed by atoms with Gasteiger partial charge in [0, 0.05) is 37.1 Å². The summed E-state index contributed by atoms with van der Waals surface area (Å²) in [5.74, 6) is 0.155. The third-order valence-electron chi connectivity index (χ3n) is 4.54. The van der Waals surface area contributed by atoms with Gasteiger partial charge in [0.2, 0.25) is 0 Å². The van der Waals surface area contributed by atoms with Crippen molar-refractivity contribution in [1.82, 2.24) is 24.5 Å². The first-order valence-corrected chi connectivity index (χ1v) is 8.79. The van der Waals surface area contributed by atoms with Gasteiger partial charge >= 0.3 is 0 Å². The molecule has 0 radical (unpaired) electrons. The SMILES string of the molecule is Cc1cccc(C(=O)N2CCOCC(Cc3ccc4nccn4n3)C2)n1. The van der Waals surface area contributed by atoms with Crippen molar-refractivity contribution in [3.05, 3.63) is 59.8 Å². The van der Waals surface area contributed by atoms with Crippen LogP contribution in [0, 0.1) is 12.8 Å². The third kappa shape index (κ3) is 3.57. The summed E-state index contributed by atoms with van der Waals surface area (Å²) in [6.07, 6.45) is 4.32. The Morgan fingerprint density at radius 1 is 1.31 bits per heavy atom. The van der Waals surface area contributed by atoms with E-state index < -0.39 is 0 Å². The minimum atomic E-state index is -0.0396. The second-order valence-electron chi connectivity index (χ2n) is 6.62. The molecule has 134 valence electrons. The Kier molecular flexibility index (Phi) is 4.62. The number of hydrogen-bond donors (Lipinski definition) is 0. The monoisotopic (exact) mass is 351 g/mol. The number of pyridine rings is 1. The number of aryl methyl sites for hydroxylation is 1. The van der Waals surface area contributed by atoms with E-state index in [-0.39, 0.29) is 11.8 Å². The lowest BCUT2D eigenvalue weighted by molar-refractivity contribution is 0.0731. The Hall–Kier alpha value is -2.80. The number of rotatable bonds is 3. The zero-order valence-electron chi connectivity index (χ0n) is 14.7. The molecule has 1 aliphatic rings. The fourth-order valence-corrected chi connectivity index (χ4v) is 3.27. The Morgan fingerprint density at radius 3 is 3.12 bits per heavy atom. The molecule has 1 aliphatic heterocycles. The van der Waals surface area contributed by atoms with Crippen molar-refractivity contribution in [2.45, 2.75) is 13.3 Å². The van der Waals surface area contributed by atoms with Crippen molar-refractivity contribution in [2.75, 3.05) is 26.3 Å². The molecule has 26 heavy (non-hydrogen) atoms. The molecule has 1 saturated heterocycles. The molecule has 3 aromatic heterocycles. The predicted octanol–water partition coefficient (Wildman–Crippen LogP) is 1.76. The van der Waals surface area contributed by atoms with Crippen LogP contribution in [-0.2, 0) is 11.2 Å². The molecule has 0 N–H and O–H groups in total. The molecule has 0 spiro atoms. The van der Waals surface area contributed by atoms with Crippen molar-refractivity contribution in [2.24, 2.45) is 5.92 Å². The summed E-state index contributed by atoms with van der Waals surface area (Å²) in [7, 11) is 0. The van der Waals surface area contributed by atoms with Gasteiger partial charge in [-0.1, -0.05) is 6.07 Å². The van der Waals surface area contributed by atoms with Crippen LogP contribution < -0.4 is 0 Å². The molecule has 4 heterocycles. The summed E-state index contributed by atoms with van der Waals surface area (Å²) >= 11 is 0. The van der Waals surface area contributed by atoms with Crippen LogP contribution in [0.15, 0.2) is 42.7 Å². The molecule has 3 aromatic rings. The summed E-state index contributed by atoms with van der Waals surface area (Å²) in [5, 5.41) is 4.58. The van der Waals surface area contributed by atoms with Gasteiger partial charge in [-0.2, -0.15) is 5.10 Å². The van der Waals surface area contributed by atoms with Gasteiger partial charge in [-0.3, -0.25) is 4.79 Å². The maximum absolute atomic E-state index is 12.8. The zero-order chi connectivity index (χ0) is 17.9. The van der Waals surface area contributed by atoms with Gasteiger partial charge < -0.3 is 9.64 Å². The highest BCUT2D eigenvalue weighted by atomic mass is 16.5. The van der Waals surface area contributed by atoms with Gasteiger partial charge in [-0.25, -0.2) is 14.5 Å². The van der Waals surface area contributed by atoms with Crippen LogP contribution in [0.2, 0.25) is 0 Å². The number of imidazole rings is 1. The van der Waals surface area contributed by atoms with E-state index in [0.29, 0.717) is 32.0 Å².